The molecule has 18 heavy (non-hydrogen) atoms. The molecule has 0 radical (unpaired) electrons. The SMILES string of the molecule is COc1ccc(C(N)Cn2cccn2)c(OC)c1. The van der Waals surface area contributed by atoms with Gasteiger partial charge in [0.25, 0.3) is 0 Å². The Morgan fingerprint density at radius 2 is 2.17 bits per heavy atom. The van der Waals surface area contributed by atoms with Gasteiger partial charge in [-0.05, 0) is 12.1 Å². The number of hydrogen-bond donors (Lipinski definition) is 1. The maximum Gasteiger partial charge on any atom is 0.127 e. The van der Waals surface area contributed by atoms with E-state index in [1.54, 1.807) is 25.1 Å². The molecule has 0 amide bonds. The van der Waals surface area contributed by atoms with Gasteiger partial charge < -0.3 is 15.2 Å². The van der Waals surface area contributed by atoms with Crippen molar-refractivity contribution < 1.29 is 9.47 Å². The van der Waals surface area contributed by atoms with Crippen molar-refractivity contribution in [3.8, 4) is 11.5 Å². The van der Waals surface area contributed by atoms with Crippen LogP contribution in [-0.4, -0.2) is 24.0 Å². The first-order valence-electron chi connectivity index (χ1n) is 5.69. The summed E-state index contributed by atoms with van der Waals surface area (Å²) in [6.07, 6.45) is 3.62. The summed E-state index contributed by atoms with van der Waals surface area (Å²) in [5.74, 6) is 1.48. The molecule has 0 aliphatic carbocycles. The number of hydrogen-bond acceptors (Lipinski definition) is 4. The molecule has 2 aromatic rings. The molecule has 1 aromatic heterocycles. The molecule has 5 heteroatoms. The van der Waals surface area contributed by atoms with E-state index in [2.05, 4.69) is 5.10 Å². The molecule has 0 aliphatic heterocycles. The van der Waals surface area contributed by atoms with E-state index in [9.17, 15) is 0 Å². The molecule has 1 atom stereocenters. The summed E-state index contributed by atoms with van der Waals surface area (Å²) in [6.45, 7) is 0.607. The Kier molecular flexibility index (Phi) is 3.84. The van der Waals surface area contributed by atoms with Gasteiger partial charge in [0.05, 0.1) is 26.8 Å². The zero-order valence-corrected chi connectivity index (χ0v) is 10.5. The van der Waals surface area contributed by atoms with Gasteiger partial charge in [0.2, 0.25) is 0 Å². The van der Waals surface area contributed by atoms with Crippen molar-refractivity contribution in [1.29, 1.82) is 0 Å². The molecule has 0 fully saturated rings. The van der Waals surface area contributed by atoms with Crippen LogP contribution < -0.4 is 15.2 Å². The van der Waals surface area contributed by atoms with Crippen molar-refractivity contribution in [2.24, 2.45) is 5.73 Å². The Balaban J connectivity index is 2.21. The molecule has 0 spiro atoms. The average molecular weight is 247 g/mol. The Morgan fingerprint density at radius 3 is 2.78 bits per heavy atom. The van der Waals surface area contributed by atoms with Crippen molar-refractivity contribution in [3.05, 3.63) is 42.2 Å². The van der Waals surface area contributed by atoms with Crippen molar-refractivity contribution in [3.63, 3.8) is 0 Å². The first-order chi connectivity index (χ1) is 8.74. The largest absolute Gasteiger partial charge is 0.497 e. The normalized spacial score (nSPS) is 12.2. The molecular weight excluding hydrogens is 230 g/mol. The Morgan fingerprint density at radius 1 is 1.33 bits per heavy atom. The monoisotopic (exact) mass is 247 g/mol. The Labute approximate surface area is 106 Å². The fourth-order valence-electron chi connectivity index (χ4n) is 1.83. The third-order valence-corrected chi connectivity index (χ3v) is 2.78. The lowest BCUT2D eigenvalue weighted by Crippen LogP contribution is -2.18. The van der Waals surface area contributed by atoms with Crippen LogP contribution in [0.2, 0.25) is 0 Å². The molecule has 1 unspecified atom stereocenters. The van der Waals surface area contributed by atoms with Crippen molar-refractivity contribution in [2.75, 3.05) is 14.2 Å². The Bertz CT molecular complexity index is 497. The zero-order valence-electron chi connectivity index (χ0n) is 10.5. The predicted molar refractivity (Wildman–Crippen MR) is 68.7 cm³/mol. The Hall–Kier alpha value is -2.01. The molecule has 1 heterocycles. The molecule has 2 N–H and O–H groups in total. The number of aromatic nitrogens is 2. The highest BCUT2D eigenvalue weighted by Gasteiger charge is 2.13. The van der Waals surface area contributed by atoms with Gasteiger partial charge in [-0.15, -0.1) is 0 Å². The van der Waals surface area contributed by atoms with Crippen molar-refractivity contribution in [1.82, 2.24) is 9.78 Å². The predicted octanol–water partition coefficient (Wildman–Crippen LogP) is 1.60. The van der Waals surface area contributed by atoms with Gasteiger partial charge in [0.15, 0.2) is 0 Å². The minimum absolute atomic E-state index is 0.175. The molecule has 0 saturated heterocycles. The van der Waals surface area contributed by atoms with Gasteiger partial charge in [-0.1, -0.05) is 6.07 Å². The summed E-state index contributed by atoms with van der Waals surface area (Å²) in [5.41, 5.74) is 7.11. The van der Waals surface area contributed by atoms with Gasteiger partial charge in [-0.25, -0.2) is 0 Å². The van der Waals surface area contributed by atoms with Gasteiger partial charge in [0, 0.05) is 24.0 Å². The fraction of sp³-hybridized carbons (Fsp3) is 0.308. The van der Waals surface area contributed by atoms with E-state index in [0.717, 1.165) is 17.1 Å². The number of nitrogens with zero attached hydrogens (tertiary/aromatic N) is 2. The highest BCUT2D eigenvalue weighted by Crippen LogP contribution is 2.28. The quantitative estimate of drug-likeness (QED) is 0.871. The van der Waals surface area contributed by atoms with Gasteiger partial charge in [-0.2, -0.15) is 5.10 Å². The first-order valence-corrected chi connectivity index (χ1v) is 5.69. The van der Waals surface area contributed by atoms with Crippen molar-refractivity contribution >= 4 is 0 Å². The summed E-state index contributed by atoms with van der Waals surface area (Å²) >= 11 is 0. The van der Waals surface area contributed by atoms with E-state index in [4.69, 9.17) is 15.2 Å². The standard InChI is InChI=1S/C13H17N3O2/c1-17-10-4-5-11(13(8-10)18-2)12(14)9-16-7-3-6-15-16/h3-8,12H,9,14H2,1-2H3. The molecule has 5 nitrogen and oxygen atoms in total. The van der Waals surface area contributed by atoms with E-state index >= 15 is 0 Å². The van der Waals surface area contributed by atoms with Crippen LogP contribution in [0.1, 0.15) is 11.6 Å². The first kappa shape index (κ1) is 12.4. The molecule has 0 bridgehead atoms. The lowest BCUT2D eigenvalue weighted by molar-refractivity contribution is 0.385. The number of benzene rings is 1. The fourth-order valence-corrected chi connectivity index (χ4v) is 1.83. The van der Waals surface area contributed by atoms with E-state index < -0.39 is 0 Å². The molecule has 2 rings (SSSR count). The summed E-state index contributed by atoms with van der Waals surface area (Å²) in [6, 6.07) is 7.33. The van der Waals surface area contributed by atoms with Crippen LogP contribution in [-0.2, 0) is 6.54 Å². The van der Waals surface area contributed by atoms with Crippen LogP contribution in [0.15, 0.2) is 36.7 Å². The second-order valence-electron chi connectivity index (χ2n) is 3.94. The summed E-state index contributed by atoms with van der Waals surface area (Å²) in [5, 5.41) is 4.14. The summed E-state index contributed by atoms with van der Waals surface area (Å²) < 4.78 is 12.3. The van der Waals surface area contributed by atoms with Crippen LogP contribution in [0.25, 0.3) is 0 Å². The van der Waals surface area contributed by atoms with Crippen LogP contribution >= 0.6 is 0 Å². The van der Waals surface area contributed by atoms with E-state index in [1.807, 2.05) is 30.5 Å². The summed E-state index contributed by atoms with van der Waals surface area (Å²) in [7, 11) is 3.25. The van der Waals surface area contributed by atoms with Gasteiger partial charge in [0.1, 0.15) is 11.5 Å². The highest BCUT2D eigenvalue weighted by molar-refractivity contribution is 5.42. The van der Waals surface area contributed by atoms with Crippen LogP contribution in [0, 0.1) is 0 Å². The third kappa shape index (κ3) is 2.62. The maximum atomic E-state index is 6.17. The van der Waals surface area contributed by atoms with Gasteiger partial charge >= 0.3 is 0 Å². The van der Waals surface area contributed by atoms with E-state index in [-0.39, 0.29) is 6.04 Å². The molecule has 0 aliphatic rings. The molecule has 1 aromatic carbocycles. The second-order valence-corrected chi connectivity index (χ2v) is 3.94. The smallest absolute Gasteiger partial charge is 0.127 e. The lowest BCUT2D eigenvalue weighted by atomic mass is 10.1. The van der Waals surface area contributed by atoms with E-state index in [0.29, 0.717) is 6.54 Å². The molecule has 0 saturated carbocycles. The highest BCUT2D eigenvalue weighted by atomic mass is 16.5. The van der Waals surface area contributed by atoms with Gasteiger partial charge in [-0.3, -0.25) is 4.68 Å². The van der Waals surface area contributed by atoms with E-state index in [1.165, 1.54) is 0 Å². The number of methoxy groups -OCH3 is 2. The summed E-state index contributed by atoms with van der Waals surface area (Å²) in [4.78, 5) is 0. The number of ether oxygens (including phenoxy) is 2. The molecular formula is C13H17N3O2. The lowest BCUT2D eigenvalue weighted by Gasteiger charge is -2.16. The van der Waals surface area contributed by atoms with Crippen molar-refractivity contribution in [2.45, 2.75) is 12.6 Å². The number of rotatable bonds is 5. The second kappa shape index (κ2) is 5.55. The number of nitrogens with two attached hydrogens (primary N) is 1. The van der Waals surface area contributed by atoms with Crippen LogP contribution in [0.4, 0.5) is 0 Å². The van der Waals surface area contributed by atoms with Crippen LogP contribution in [0.5, 0.6) is 11.5 Å². The zero-order chi connectivity index (χ0) is 13.0. The topological polar surface area (TPSA) is 62.3 Å². The average Bonchev–Trinajstić information content (AvgIpc) is 2.90. The minimum atomic E-state index is -0.175. The third-order valence-electron chi connectivity index (χ3n) is 2.78. The van der Waals surface area contributed by atoms with Crippen LogP contribution in [0.3, 0.4) is 0 Å². The maximum absolute atomic E-state index is 6.17. The minimum Gasteiger partial charge on any atom is -0.497 e. The molecule has 96 valence electrons.